The van der Waals surface area contributed by atoms with Gasteiger partial charge >= 0.3 is 0 Å². The van der Waals surface area contributed by atoms with Crippen LogP contribution in [0.1, 0.15) is 13.8 Å². The van der Waals surface area contributed by atoms with Crippen LogP contribution in [0.4, 0.5) is 5.69 Å². The van der Waals surface area contributed by atoms with Gasteiger partial charge in [-0.3, -0.25) is 0 Å². The molecule has 2 N–H and O–H groups in total. The van der Waals surface area contributed by atoms with Crippen molar-refractivity contribution in [1.82, 2.24) is 4.31 Å². The van der Waals surface area contributed by atoms with Crippen molar-refractivity contribution in [2.45, 2.75) is 24.8 Å². The number of anilines is 1. The van der Waals surface area contributed by atoms with E-state index in [0.717, 1.165) is 0 Å². The Bertz CT molecular complexity index is 541. The summed E-state index contributed by atoms with van der Waals surface area (Å²) in [6, 6.07) is 4.14. The molecule has 4 nitrogen and oxygen atoms in total. The monoisotopic (exact) mass is 288 g/mol. The molecule has 0 saturated heterocycles. The summed E-state index contributed by atoms with van der Waals surface area (Å²) in [4.78, 5) is 0.136. The summed E-state index contributed by atoms with van der Waals surface area (Å²) in [5.41, 5.74) is 5.93. The Labute approximate surface area is 113 Å². The molecule has 1 rings (SSSR count). The third-order valence-electron chi connectivity index (χ3n) is 2.46. The van der Waals surface area contributed by atoms with Gasteiger partial charge in [-0.15, -0.1) is 6.58 Å². The van der Waals surface area contributed by atoms with Crippen molar-refractivity contribution in [3.8, 4) is 0 Å². The molecule has 6 heteroatoms. The van der Waals surface area contributed by atoms with Crippen molar-refractivity contribution < 1.29 is 8.42 Å². The fourth-order valence-corrected chi connectivity index (χ4v) is 3.40. The highest BCUT2D eigenvalue weighted by molar-refractivity contribution is 7.89. The van der Waals surface area contributed by atoms with Gasteiger partial charge in [0.15, 0.2) is 0 Å². The topological polar surface area (TPSA) is 63.4 Å². The third-order valence-corrected chi connectivity index (χ3v) is 4.83. The van der Waals surface area contributed by atoms with Crippen LogP contribution in [0.3, 0.4) is 0 Å². The van der Waals surface area contributed by atoms with E-state index in [1.54, 1.807) is 19.9 Å². The largest absolute Gasteiger partial charge is 0.398 e. The minimum Gasteiger partial charge on any atom is -0.398 e. The Morgan fingerprint density at radius 2 is 2.11 bits per heavy atom. The Morgan fingerprint density at radius 1 is 1.50 bits per heavy atom. The van der Waals surface area contributed by atoms with Crippen molar-refractivity contribution >= 4 is 27.3 Å². The van der Waals surface area contributed by atoms with Crippen molar-refractivity contribution in [3.63, 3.8) is 0 Å². The third kappa shape index (κ3) is 3.04. The van der Waals surface area contributed by atoms with E-state index in [-0.39, 0.29) is 22.5 Å². The number of benzene rings is 1. The molecule has 0 heterocycles. The van der Waals surface area contributed by atoms with Crippen LogP contribution in [0.5, 0.6) is 0 Å². The first-order valence-electron chi connectivity index (χ1n) is 5.48. The molecule has 0 radical (unpaired) electrons. The standard InChI is InChI=1S/C12H17ClN2O2S/c1-4-7-15(9(2)3)18(16,17)10-5-6-12(14)11(13)8-10/h4-6,8-9H,1,7,14H2,2-3H3. The van der Waals surface area contributed by atoms with E-state index in [4.69, 9.17) is 17.3 Å². The highest BCUT2D eigenvalue weighted by Gasteiger charge is 2.26. The fourth-order valence-electron chi connectivity index (χ4n) is 1.52. The SMILES string of the molecule is C=CCN(C(C)C)S(=O)(=O)c1ccc(N)c(Cl)c1. The maximum atomic E-state index is 12.4. The van der Waals surface area contributed by atoms with E-state index in [9.17, 15) is 8.42 Å². The second-order valence-electron chi connectivity index (χ2n) is 4.14. The van der Waals surface area contributed by atoms with Crippen LogP contribution in [0.2, 0.25) is 5.02 Å². The molecule has 0 fully saturated rings. The number of hydrogen-bond acceptors (Lipinski definition) is 3. The molecule has 0 aliphatic carbocycles. The van der Waals surface area contributed by atoms with Gasteiger partial charge in [0.05, 0.1) is 15.6 Å². The predicted octanol–water partition coefficient (Wildman–Crippen LogP) is 2.51. The van der Waals surface area contributed by atoms with Crippen LogP contribution in [-0.2, 0) is 10.0 Å². The van der Waals surface area contributed by atoms with Gasteiger partial charge in [-0.25, -0.2) is 8.42 Å². The number of nitrogens with zero attached hydrogens (tertiary/aromatic N) is 1. The molecular weight excluding hydrogens is 272 g/mol. The summed E-state index contributed by atoms with van der Waals surface area (Å²) >= 11 is 5.85. The number of nitrogens with two attached hydrogens (primary N) is 1. The lowest BCUT2D eigenvalue weighted by molar-refractivity contribution is 0.383. The highest BCUT2D eigenvalue weighted by atomic mass is 35.5. The number of rotatable bonds is 5. The van der Waals surface area contributed by atoms with Crippen molar-refractivity contribution in [2.24, 2.45) is 0 Å². The molecule has 0 atom stereocenters. The second-order valence-corrected chi connectivity index (χ2v) is 6.44. The van der Waals surface area contributed by atoms with E-state index in [1.807, 2.05) is 0 Å². The van der Waals surface area contributed by atoms with Crippen LogP contribution in [0.25, 0.3) is 0 Å². The number of halogens is 1. The molecular formula is C12H17ClN2O2S. The van der Waals surface area contributed by atoms with Gasteiger partial charge in [-0.1, -0.05) is 17.7 Å². The minimum absolute atomic E-state index is 0.136. The van der Waals surface area contributed by atoms with Crippen LogP contribution >= 0.6 is 11.6 Å². The zero-order valence-electron chi connectivity index (χ0n) is 10.4. The molecule has 1 aromatic rings. The summed E-state index contributed by atoms with van der Waals surface area (Å²) in [5, 5.41) is 0.235. The summed E-state index contributed by atoms with van der Waals surface area (Å²) in [6.45, 7) is 7.43. The van der Waals surface area contributed by atoms with E-state index in [2.05, 4.69) is 6.58 Å². The summed E-state index contributed by atoms with van der Waals surface area (Å²) in [7, 11) is -3.58. The van der Waals surface area contributed by atoms with Gasteiger partial charge in [-0.2, -0.15) is 4.31 Å². The van der Waals surface area contributed by atoms with Gasteiger partial charge < -0.3 is 5.73 Å². The Morgan fingerprint density at radius 3 is 2.56 bits per heavy atom. The normalized spacial score (nSPS) is 12.1. The smallest absolute Gasteiger partial charge is 0.243 e. The molecule has 0 unspecified atom stereocenters. The van der Waals surface area contributed by atoms with Gasteiger partial charge in [0.25, 0.3) is 0 Å². The fraction of sp³-hybridized carbons (Fsp3) is 0.333. The summed E-state index contributed by atoms with van der Waals surface area (Å²) < 4.78 is 26.2. The van der Waals surface area contributed by atoms with Gasteiger partial charge in [0.1, 0.15) is 0 Å². The zero-order chi connectivity index (χ0) is 13.9. The van der Waals surface area contributed by atoms with Crippen LogP contribution in [0.15, 0.2) is 35.7 Å². The first-order valence-corrected chi connectivity index (χ1v) is 7.30. The molecule has 0 aliphatic rings. The number of hydrogen-bond donors (Lipinski definition) is 1. The van der Waals surface area contributed by atoms with Gasteiger partial charge in [-0.05, 0) is 32.0 Å². The molecule has 0 aliphatic heterocycles. The maximum Gasteiger partial charge on any atom is 0.243 e. The van der Waals surface area contributed by atoms with Crippen LogP contribution in [-0.4, -0.2) is 25.3 Å². The molecule has 0 aromatic heterocycles. The Hall–Kier alpha value is -1.04. The minimum atomic E-state index is -3.58. The van der Waals surface area contributed by atoms with E-state index >= 15 is 0 Å². The summed E-state index contributed by atoms with van der Waals surface area (Å²) in [6.07, 6.45) is 1.55. The van der Waals surface area contributed by atoms with Crippen molar-refractivity contribution in [2.75, 3.05) is 12.3 Å². The molecule has 100 valence electrons. The summed E-state index contributed by atoms with van der Waals surface area (Å²) in [5.74, 6) is 0. The second kappa shape index (κ2) is 5.73. The first-order chi connectivity index (χ1) is 8.30. The maximum absolute atomic E-state index is 12.4. The van der Waals surface area contributed by atoms with Crippen molar-refractivity contribution in [3.05, 3.63) is 35.9 Å². The average molecular weight is 289 g/mol. The predicted molar refractivity (Wildman–Crippen MR) is 75.1 cm³/mol. The van der Waals surface area contributed by atoms with Crippen LogP contribution < -0.4 is 5.73 Å². The Balaban J connectivity index is 3.26. The van der Waals surface area contributed by atoms with Crippen LogP contribution in [0, 0.1) is 0 Å². The van der Waals surface area contributed by atoms with Gasteiger partial charge in [0.2, 0.25) is 10.0 Å². The lowest BCUT2D eigenvalue weighted by Gasteiger charge is -2.24. The number of nitrogen functional groups attached to an aromatic ring is 1. The molecule has 0 saturated carbocycles. The quantitative estimate of drug-likeness (QED) is 0.669. The van der Waals surface area contributed by atoms with E-state index in [0.29, 0.717) is 5.69 Å². The molecule has 0 spiro atoms. The van der Waals surface area contributed by atoms with E-state index in [1.165, 1.54) is 22.5 Å². The molecule has 0 amide bonds. The van der Waals surface area contributed by atoms with E-state index < -0.39 is 10.0 Å². The lowest BCUT2D eigenvalue weighted by Crippen LogP contribution is -2.37. The lowest BCUT2D eigenvalue weighted by atomic mass is 10.3. The van der Waals surface area contributed by atoms with Crippen molar-refractivity contribution in [1.29, 1.82) is 0 Å². The highest BCUT2D eigenvalue weighted by Crippen LogP contribution is 2.25. The van der Waals surface area contributed by atoms with Gasteiger partial charge in [0, 0.05) is 12.6 Å². The number of sulfonamides is 1. The first kappa shape index (κ1) is 15.0. The molecule has 0 bridgehead atoms. The molecule has 1 aromatic carbocycles. The zero-order valence-corrected chi connectivity index (χ0v) is 12.0. The Kier molecular flexibility index (Phi) is 4.78. The molecule has 18 heavy (non-hydrogen) atoms. The average Bonchev–Trinajstić information content (AvgIpc) is 2.28.